The van der Waals surface area contributed by atoms with Gasteiger partial charge >= 0.3 is 0 Å². The molecule has 4 aromatic rings. The van der Waals surface area contributed by atoms with Gasteiger partial charge in [0.1, 0.15) is 16.8 Å². The number of nitrogens with one attached hydrogen (secondary N) is 1. The molecular formula is C19H15ClN4O3. The number of methoxy groups -OCH3 is 1. The Morgan fingerprint density at radius 1 is 1.19 bits per heavy atom. The molecule has 4 rings (SSSR count). The predicted octanol–water partition coefficient (Wildman–Crippen LogP) is 4.24. The van der Waals surface area contributed by atoms with Crippen molar-refractivity contribution in [3.05, 3.63) is 65.1 Å². The van der Waals surface area contributed by atoms with Crippen LogP contribution in [-0.2, 0) is 0 Å². The third-order valence-corrected chi connectivity index (χ3v) is 4.38. The van der Waals surface area contributed by atoms with Gasteiger partial charge in [0.05, 0.1) is 24.1 Å². The number of carbonyl (C=O) groups is 1. The monoisotopic (exact) mass is 382 g/mol. The number of carbonyl (C=O) groups excluding carboxylic acids is 1. The second-order valence-electron chi connectivity index (χ2n) is 5.90. The largest absolute Gasteiger partial charge is 0.495 e. The van der Waals surface area contributed by atoms with E-state index in [0.717, 1.165) is 5.56 Å². The maximum absolute atomic E-state index is 12.2. The van der Waals surface area contributed by atoms with Gasteiger partial charge in [0.15, 0.2) is 5.76 Å². The Kier molecular flexibility index (Phi) is 4.29. The quantitative estimate of drug-likeness (QED) is 0.571. The SMILES string of the molecule is COc1ccc(-n2nc3cc(C)c(NC(=O)c4ccco4)cc3n2)cc1Cl. The molecule has 0 aliphatic carbocycles. The summed E-state index contributed by atoms with van der Waals surface area (Å²) in [4.78, 5) is 13.7. The van der Waals surface area contributed by atoms with E-state index in [4.69, 9.17) is 20.8 Å². The van der Waals surface area contributed by atoms with Crippen molar-refractivity contribution in [1.82, 2.24) is 15.0 Å². The van der Waals surface area contributed by atoms with Gasteiger partial charge in [-0.2, -0.15) is 4.80 Å². The van der Waals surface area contributed by atoms with Crippen molar-refractivity contribution in [2.75, 3.05) is 12.4 Å². The van der Waals surface area contributed by atoms with E-state index >= 15 is 0 Å². The molecule has 0 bridgehead atoms. The maximum Gasteiger partial charge on any atom is 0.291 e. The van der Waals surface area contributed by atoms with Crippen LogP contribution in [0.5, 0.6) is 5.75 Å². The van der Waals surface area contributed by atoms with Crippen LogP contribution in [0.2, 0.25) is 5.02 Å². The molecule has 0 aliphatic rings. The topological polar surface area (TPSA) is 82.2 Å². The van der Waals surface area contributed by atoms with Gasteiger partial charge in [-0.1, -0.05) is 11.6 Å². The van der Waals surface area contributed by atoms with E-state index in [0.29, 0.717) is 33.2 Å². The molecule has 0 saturated heterocycles. The average molecular weight is 383 g/mol. The number of ether oxygens (including phenoxy) is 1. The van der Waals surface area contributed by atoms with Crippen molar-refractivity contribution in [2.24, 2.45) is 0 Å². The zero-order valence-corrected chi connectivity index (χ0v) is 15.3. The first-order valence-corrected chi connectivity index (χ1v) is 8.49. The minimum atomic E-state index is -0.322. The fourth-order valence-corrected chi connectivity index (χ4v) is 2.94. The molecule has 0 atom stereocenters. The molecule has 0 unspecified atom stereocenters. The summed E-state index contributed by atoms with van der Waals surface area (Å²) < 4.78 is 10.3. The zero-order valence-electron chi connectivity index (χ0n) is 14.6. The maximum atomic E-state index is 12.2. The van der Waals surface area contributed by atoms with E-state index in [9.17, 15) is 4.79 Å². The minimum absolute atomic E-state index is 0.242. The highest BCUT2D eigenvalue weighted by Gasteiger charge is 2.14. The number of aryl methyl sites for hydroxylation is 1. The molecule has 1 N–H and O–H groups in total. The number of hydrogen-bond donors (Lipinski definition) is 1. The van der Waals surface area contributed by atoms with E-state index in [1.54, 1.807) is 37.4 Å². The van der Waals surface area contributed by atoms with E-state index in [2.05, 4.69) is 15.5 Å². The molecule has 2 aromatic heterocycles. The standard InChI is InChI=1S/C19H15ClN4O3/c1-11-8-15-16(10-14(11)21-19(25)18-4-3-7-27-18)23-24(22-15)12-5-6-17(26-2)13(20)9-12/h3-10H,1-2H3,(H,21,25). The number of amides is 1. The zero-order chi connectivity index (χ0) is 19.0. The van der Waals surface area contributed by atoms with E-state index < -0.39 is 0 Å². The van der Waals surface area contributed by atoms with Crippen LogP contribution in [-0.4, -0.2) is 28.0 Å². The number of fused-ring (bicyclic) bond motifs is 1. The second-order valence-corrected chi connectivity index (χ2v) is 6.30. The summed E-state index contributed by atoms with van der Waals surface area (Å²) in [5.41, 5.74) is 3.56. The number of anilines is 1. The molecule has 7 nitrogen and oxygen atoms in total. The van der Waals surface area contributed by atoms with Crippen molar-refractivity contribution in [1.29, 1.82) is 0 Å². The van der Waals surface area contributed by atoms with Gasteiger partial charge < -0.3 is 14.5 Å². The fraction of sp³-hybridized carbons (Fsp3) is 0.105. The predicted molar refractivity (Wildman–Crippen MR) is 102 cm³/mol. The van der Waals surface area contributed by atoms with Gasteiger partial charge in [-0.25, -0.2) is 0 Å². The molecular weight excluding hydrogens is 368 g/mol. The lowest BCUT2D eigenvalue weighted by Gasteiger charge is -2.06. The van der Waals surface area contributed by atoms with Crippen LogP contribution in [0.1, 0.15) is 16.1 Å². The van der Waals surface area contributed by atoms with Crippen molar-refractivity contribution < 1.29 is 13.9 Å². The van der Waals surface area contributed by atoms with Crippen molar-refractivity contribution in [2.45, 2.75) is 6.92 Å². The summed E-state index contributed by atoms with van der Waals surface area (Å²) in [7, 11) is 1.56. The highest BCUT2D eigenvalue weighted by Crippen LogP contribution is 2.27. The van der Waals surface area contributed by atoms with E-state index in [-0.39, 0.29) is 11.7 Å². The van der Waals surface area contributed by atoms with Gasteiger partial charge in [-0.05, 0) is 55.0 Å². The summed E-state index contributed by atoms with van der Waals surface area (Å²) >= 11 is 6.18. The molecule has 0 spiro atoms. The molecule has 0 radical (unpaired) electrons. The number of halogens is 1. The molecule has 136 valence electrons. The fourth-order valence-electron chi connectivity index (χ4n) is 2.69. The Morgan fingerprint density at radius 2 is 1.96 bits per heavy atom. The van der Waals surface area contributed by atoms with Gasteiger partial charge in [0, 0.05) is 5.69 Å². The van der Waals surface area contributed by atoms with Crippen LogP contribution in [0, 0.1) is 6.92 Å². The van der Waals surface area contributed by atoms with Gasteiger partial charge in [-0.15, -0.1) is 10.2 Å². The second kappa shape index (κ2) is 6.77. The van der Waals surface area contributed by atoms with E-state index in [1.165, 1.54) is 11.1 Å². The van der Waals surface area contributed by atoms with Gasteiger partial charge in [0.25, 0.3) is 5.91 Å². The molecule has 0 fully saturated rings. The Bertz CT molecular complexity index is 1140. The number of aromatic nitrogens is 3. The first-order valence-electron chi connectivity index (χ1n) is 8.11. The summed E-state index contributed by atoms with van der Waals surface area (Å²) in [5.74, 6) is 0.499. The van der Waals surface area contributed by atoms with Crippen molar-refractivity contribution >= 4 is 34.2 Å². The van der Waals surface area contributed by atoms with Gasteiger partial charge in [-0.3, -0.25) is 4.79 Å². The minimum Gasteiger partial charge on any atom is -0.495 e. The van der Waals surface area contributed by atoms with Crippen LogP contribution < -0.4 is 10.1 Å². The van der Waals surface area contributed by atoms with Crippen molar-refractivity contribution in [3.63, 3.8) is 0 Å². The smallest absolute Gasteiger partial charge is 0.291 e. The lowest BCUT2D eigenvalue weighted by Crippen LogP contribution is -2.11. The van der Waals surface area contributed by atoms with Crippen LogP contribution in [0.15, 0.2) is 53.1 Å². The van der Waals surface area contributed by atoms with Crippen LogP contribution >= 0.6 is 11.6 Å². The molecule has 0 saturated carbocycles. The molecule has 2 aromatic carbocycles. The Morgan fingerprint density at radius 3 is 2.63 bits per heavy atom. The summed E-state index contributed by atoms with van der Waals surface area (Å²) in [5, 5.41) is 12.3. The summed E-state index contributed by atoms with van der Waals surface area (Å²) in [6, 6.07) is 12.2. The number of benzene rings is 2. The molecule has 2 heterocycles. The third kappa shape index (κ3) is 3.24. The van der Waals surface area contributed by atoms with Crippen LogP contribution in [0.4, 0.5) is 5.69 Å². The molecule has 27 heavy (non-hydrogen) atoms. The normalized spacial score (nSPS) is 10.9. The van der Waals surface area contributed by atoms with Gasteiger partial charge in [0.2, 0.25) is 0 Å². The number of hydrogen-bond acceptors (Lipinski definition) is 5. The Labute approximate surface area is 159 Å². The highest BCUT2D eigenvalue weighted by atomic mass is 35.5. The van der Waals surface area contributed by atoms with Crippen LogP contribution in [0.25, 0.3) is 16.7 Å². The Hall–Kier alpha value is -3.32. The number of nitrogens with zero attached hydrogens (tertiary/aromatic N) is 3. The average Bonchev–Trinajstić information content (AvgIpc) is 3.31. The first kappa shape index (κ1) is 17.1. The van der Waals surface area contributed by atoms with E-state index in [1.807, 2.05) is 19.1 Å². The first-order chi connectivity index (χ1) is 13.0. The molecule has 8 heteroatoms. The third-order valence-electron chi connectivity index (χ3n) is 4.09. The lowest BCUT2D eigenvalue weighted by molar-refractivity contribution is 0.0996. The molecule has 0 aliphatic heterocycles. The number of furan rings is 1. The Balaban J connectivity index is 1.68. The summed E-state index contributed by atoms with van der Waals surface area (Å²) in [6.45, 7) is 1.89. The molecule has 1 amide bonds. The van der Waals surface area contributed by atoms with Crippen LogP contribution in [0.3, 0.4) is 0 Å². The van der Waals surface area contributed by atoms with Crippen molar-refractivity contribution in [3.8, 4) is 11.4 Å². The highest BCUT2D eigenvalue weighted by molar-refractivity contribution is 6.32. The lowest BCUT2D eigenvalue weighted by atomic mass is 10.1. The number of rotatable bonds is 4. The summed E-state index contributed by atoms with van der Waals surface area (Å²) in [6.07, 6.45) is 1.45.